The molecule has 4 heteroatoms. The van der Waals surface area contributed by atoms with E-state index in [1.807, 2.05) is 12.1 Å². The zero-order chi connectivity index (χ0) is 14.7. The molecule has 0 spiro atoms. The van der Waals surface area contributed by atoms with Gasteiger partial charge in [0.25, 0.3) is 0 Å². The number of rotatable bonds is 5. The van der Waals surface area contributed by atoms with E-state index in [2.05, 4.69) is 24.4 Å². The Morgan fingerprint density at radius 3 is 2.62 bits per heavy atom. The first kappa shape index (κ1) is 14.5. The molecule has 2 N–H and O–H groups in total. The Morgan fingerprint density at radius 2 is 1.95 bits per heavy atom. The molecular weight excluding hydrogens is 280 g/mol. The zero-order valence-corrected chi connectivity index (χ0v) is 13.3. The average molecular weight is 302 g/mol. The third-order valence-electron chi connectivity index (χ3n) is 4.05. The highest BCUT2D eigenvalue weighted by molar-refractivity contribution is 7.10. The van der Waals surface area contributed by atoms with Crippen molar-refractivity contribution >= 4 is 11.3 Å². The van der Waals surface area contributed by atoms with Gasteiger partial charge in [0.05, 0.1) is 17.8 Å². The molecule has 112 valence electrons. The molecule has 3 rings (SSSR count). The van der Waals surface area contributed by atoms with Crippen molar-refractivity contribution < 1.29 is 4.74 Å². The number of hydrogen-bond acceptors (Lipinski definition) is 4. The van der Waals surface area contributed by atoms with Gasteiger partial charge in [0.2, 0.25) is 0 Å². The molecule has 0 amide bonds. The summed E-state index contributed by atoms with van der Waals surface area (Å²) in [6.07, 6.45) is 5.58. The van der Waals surface area contributed by atoms with Gasteiger partial charge in [-0.25, -0.2) is 4.98 Å². The molecule has 0 aliphatic heterocycles. The predicted octanol–water partition coefficient (Wildman–Crippen LogP) is 4.33. The molecule has 0 atom stereocenters. The van der Waals surface area contributed by atoms with Gasteiger partial charge in [0.15, 0.2) is 0 Å². The summed E-state index contributed by atoms with van der Waals surface area (Å²) in [4.78, 5) is 4.78. The standard InChI is InChI=1S/C17H22N2OS/c1-2-11-20-14-7-5-13(6-8-14)15-12-21-16(19-15)17(18)9-3-4-10-17/h5-8,12H,2-4,9-11,18H2,1H3. The molecule has 0 bridgehead atoms. The SMILES string of the molecule is CCCOc1ccc(-c2csc(C3(N)CCCC3)n2)cc1. The Labute approximate surface area is 130 Å². The molecule has 1 heterocycles. The third kappa shape index (κ3) is 3.11. The summed E-state index contributed by atoms with van der Waals surface area (Å²) in [5.41, 5.74) is 8.44. The van der Waals surface area contributed by atoms with E-state index in [9.17, 15) is 0 Å². The number of nitrogens with two attached hydrogens (primary N) is 1. The Morgan fingerprint density at radius 1 is 1.24 bits per heavy atom. The highest BCUT2D eigenvalue weighted by atomic mass is 32.1. The number of aromatic nitrogens is 1. The van der Waals surface area contributed by atoms with Gasteiger partial charge in [0, 0.05) is 10.9 Å². The van der Waals surface area contributed by atoms with Gasteiger partial charge in [-0.3, -0.25) is 0 Å². The van der Waals surface area contributed by atoms with Crippen LogP contribution in [-0.2, 0) is 5.54 Å². The Balaban J connectivity index is 1.76. The number of thiazole rings is 1. The molecule has 0 radical (unpaired) electrons. The lowest BCUT2D eigenvalue weighted by Crippen LogP contribution is -2.32. The van der Waals surface area contributed by atoms with Crippen LogP contribution < -0.4 is 10.5 Å². The quantitative estimate of drug-likeness (QED) is 0.894. The van der Waals surface area contributed by atoms with Crippen molar-refractivity contribution in [3.8, 4) is 17.0 Å². The lowest BCUT2D eigenvalue weighted by molar-refractivity contribution is 0.317. The van der Waals surface area contributed by atoms with Gasteiger partial charge in [-0.2, -0.15) is 0 Å². The van der Waals surface area contributed by atoms with E-state index in [1.54, 1.807) is 11.3 Å². The van der Waals surface area contributed by atoms with Gasteiger partial charge in [-0.05, 0) is 43.5 Å². The van der Waals surface area contributed by atoms with Crippen LogP contribution in [0, 0.1) is 0 Å². The highest BCUT2D eigenvalue weighted by Gasteiger charge is 2.34. The summed E-state index contributed by atoms with van der Waals surface area (Å²) >= 11 is 1.69. The molecule has 0 unspecified atom stereocenters. The van der Waals surface area contributed by atoms with E-state index >= 15 is 0 Å². The maximum absolute atomic E-state index is 6.48. The van der Waals surface area contributed by atoms with Gasteiger partial charge in [-0.15, -0.1) is 11.3 Å². The van der Waals surface area contributed by atoms with Crippen molar-refractivity contribution in [2.45, 2.75) is 44.6 Å². The van der Waals surface area contributed by atoms with Crippen LogP contribution in [0.1, 0.15) is 44.0 Å². The monoisotopic (exact) mass is 302 g/mol. The van der Waals surface area contributed by atoms with Crippen LogP contribution in [0.2, 0.25) is 0 Å². The molecule has 1 aliphatic rings. The summed E-state index contributed by atoms with van der Waals surface area (Å²) in [5.74, 6) is 0.919. The molecule has 0 saturated heterocycles. The largest absolute Gasteiger partial charge is 0.494 e. The first-order chi connectivity index (χ1) is 10.2. The van der Waals surface area contributed by atoms with E-state index < -0.39 is 0 Å². The lowest BCUT2D eigenvalue weighted by atomic mass is 10.0. The first-order valence-electron chi connectivity index (χ1n) is 7.69. The van der Waals surface area contributed by atoms with E-state index in [-0.39, 0.29) is 5.54 Å². The predicted molar refractivity (Wildman–Crippen MR) is 87.7 cm³/mol. The molecule has 2 aromatic rings. The van der Waals surface area contributed by atoms with Gasteiger partial charge in [-0.1, -0.05) is 19.8 Å². The smallest absolute Gasteiger partial charge is 0.119 e. The second kappa shape index (κ2) is 6.16. The van der Waals surface area contributed by atoms with Crippen LogP contribution in [0.15, 0.2) is 29.6 Å². The van der Waals surface area contributed by atoms with Gasteiger partial charge < -0.3 is 10.5 Å². The molecular formula is C17H22N2OS. The fourth-order valence-electron chi connectivity index (χ4n) is 2.80. The fourth-order valence-corrected chi connectivity index (χ4v) is 3.80. The van der Waals surface area contributed by atoms with Crippen molar-refractivity contribution in [1.82, 2.24) is 4.98 Å². The van der Waals surface area contributed by atoms with Crippen LogP contribution in [-0.4, -0.2) is 11.6 Å². The summed E-state index contributed by atoms with van der Waals surface area (Å²) in [7, 11) is 0. The first-order valence-corrected chi connectivity index (χ1v) is 8.57. The molecule has 21 heavy (non-hydrogen) atoms. The van der Waals surface area contributed by atoms with Gasteiger partial charge >= 0.3 is 0 Å². The number of nitrogens with zero attached hydrogens (tertiary/aromatic N) is 1. The zero-order valence-electron chi connectivity index (χ0n) is 12.5. The average Bonchev–Trinajstić information content (AvgIpc) is 3.15. The topological polar surface area (TPSA) is 48.1 Å². The van der Waals surface area contributed by atoms with E-state index in [0.717, 1.165) is 47.9 Å². The normalized spacial score (nSPS) is 17.0. The number of benzene rings is 1. The maximum Gasteiger partial charge on any atom is 0.119 e. The van der Waals surface area contributed by atoms with Crippen molar-refractivity contribution in [3.63, 3.8) is 0 Å². The summed E-state index contributed by atoms with van der Waals surface area (Å²) in [6, 6.07) is 8.17. The molecule has 1 aliphatic carbocycles. The number of ether oxygens (including phenoxy) is 1. The van der Waals surface area contributed by atoms with Crippen LogP contribution in [0.5, 0.6) is 5.75 Å². The Kier molecular flexibility index (Phi) is 4.27. The lowest BCUT2D eigenvalue weighted by Gasteiger charge is -2.19. The minimum absolute atomic E-state index is 0.187. The Bertz CT molecular complexity index is 585. The third-order valence-corrected chi connectivity index (χ3v) is 5.11. The molecule has 1 aromatic heterocycles. The van der Waals surface area contributed by atoms with Crippen LogP contribution in [0.3, 0.4) is 0 Å². The summed E-state index contributed by atoms with van der Waals surface area (Å²) in [5, 5.41) is 3.20. The van der Waals surface area contributed by atoms with Crippen molar-refractivity contribution in [1.29, 1.82) is 0 Å². The van der Waals surface area contributed by atoms with Crippen molar-refractivity contribution in [2.75, 3.05) is 6.61 Å². The fraction of sp³-hybridized carbons (Fsp3) is 0.471. The summed E-state index contributed by atoms with van der Waals surface area (Å²) < 4.78 is 5.61. The molecule has 1 saturated carbocycles. The summed E-state index contributed by atoms with van der Waals surface area (Å²) in [6.45, 7) is 2.87. The minimum Gasteiger partial charge on any atom is -0.494 e. The second-order valence-corrected chi connectivity index (χ2v) is 6.63. The van der Waals surface area contributed by atoms with Crippen LogP contribution in [0.4, 0.5) is 0 Å². The van der Waals surface area contributed by atoms with Crippen molar-refractivity contribution in [3.05, 3.63) is 34.7 Å². The highest BCUT2D eigenvalue weighted by Crippen LogP contribution is 2.39. The van der Waals surface area contributed by atoms with Crippen LogP contribution >= 0.6 is 11.3 Å². The molecule has 1 aromatic carbocycles. The number of hydrogen-bond donors (Lipinski definition) is 1. The minimum atomic E-state index is -0.187. The second-order valence-electron chi connectivity index (χ2n) is 5.77. The van der Waals surface area contributed by atoms with E-state index in [0.29, 0.717) is 0 Å². The van der Waals surface area contributed by atoms with E-state index in [1.165, 1.54) is 12.8 Å². The molecule has 3 nitrogen and oxygen atoms in total. The molecule has 1 fully saturated rings. The maximum atomic E-state index is 6.48. The Hall–Kier alpha value is -1.39. The van der Waals surface area contributed by atoms with Crippen molar-refractivity contribution in [2.24, 2.45) is 5.73 Å². The van der Waals surface area contributed by atoms with E-state index in [4.69, 9.17) is 15.5 Å². The van der Waals surface area contributed by atoms with Crippen LogP contribution in [0.25, 0.3) is 11.3 Å². The van der Waals surface area contributed by atoms with Gasteiger partial charge in [0.1, 0.15) is 10.8 Å².